The average Bonchev–Trinajstić information content (AvgIpc) is 2.61. The van der Waals surface area contributed by atoms with E-state index in [-0.39, 0.29) is 10.6 Å². The lowest BCUT2D eigenvalue weighted by Gasteiger charge is -2.08. The van der Waals surface area contributed by atoms with E-state index in [1.54, 1.807) is 30.3 Å². The molecule has 0 radical (unpaired) electrons. The molecule has 0 fully saturated rings. The molecule has 0 saturated carbocycles. The molecule has 6 nitrogen and oxygen atoms in total. The minimum absolute atomic E-state index is 0.243. The smallest absolute Gasteiger partial charge is 0.351 e. The maximum absolute atomic E-state index is 12.1. The standard InChI is InChI=1S/C18H11Cl2NO5/c19-11-5-6-14(13(20)8-11)21-16(22)9-25-17(23)12-7-10-3-1-2-4-15(10)26-18(12)24/h1-8H,9H2,(H,21,22). The van der Waals surface area contributed by atoms with Gasteiger partial charge < -0.3 is 14.5 Å². The fraction of sp³-hybridized carbons (Fsp3) is 0.0556. The van der Waals surface area contributed by atoms with Crippen LogP contribution in [0.5, 0.6) is 0 Å². The monoisotopic (exact) mass is 391 g/mol. The molecular formula is C18H11Cl2NO5. The topological polar surface area (TPSA) is 85.6 Å². The number of anilines is 1. The number of halogens is 2. The third kappa shape index (κ3) is 4.04. The summed E-state index contributed by atoms with van der Waals surface area (Å²) in [5.41, 5.74) is -0.456. The quantitative estimate of drug-likeness (QED) is 0.538. The third-order valence-electron chi connectivity index (χ3n) is 3.40. The van der Waals surface area contributed by atoms with Gasteiger partial charge in [0.1, 0.15) is 11.1 Å². The molecule has 8 heteroatoms. The summed E-state index contributed by atoms with van der Waals surface area (Å²) in [5.74, 6) is -1.57. The van der Waals surface area contributed by atoms with Crippen molar-refractivity contribution >= 4 is 51.7 Å². The molecule has 1 amide bonds. The molecule has 0 aliphatic rings. The molecule has 2 aromatic carbocycles. The number of amides is 1. The Morgan fingerprint density at radius 2 is 1.85 bits per heavy atom. The van der Waals surface area contributed by atoms with Crippen LogP contribution in [0.4, 0.5) is 5.69 Å². The highest BCUT2D eigenvalue weighted by atomic mass is 35.5. The van der Waals surface area contributed by atoms with Crippen LogP contribution in [0, 0.1) is 0 Å². The Morgan fingerprint density at radius 3 is 2.62 bits per heavy atom. The second-order valence-corrected chi connectivity index (χ2v) is 6.08. The van der Waals surface area contributed by atoms with Gasteiger partial charge in [0.15, 0.2) is 6.61 Å². The van der Waals surface area contributed by atoms with Crippen LogP contribution in [-0.2, 0) is 9.53 Å². The molecule has 3 aromatic rings. The summed E-state index contributed by atoms with van der Waals surface area (Å²) in [6, 6.07) is 12.6. The Kier molecular flexibility index (Phi) is 5.25. The van der Waals surface area contributed by atoms with Crippen molar-refractivity contribution in [2.45, 2.75) is 0 Å². The maximum Gasteiger partial charge on any atom is 0.351 e. The molecule has 1 N–H and O–H groups in total. The van der Waals surface area contributed by atoms with Crippen molar-refractivity contribution in [3.8, 4) is 0 Å². The molecule has 0 spiro atoms. The first kappa shape index (κ1) is 18.0. The Morgan fingerprint density at radius 1 is 1.08 bits per heavy atom. The van der Waals surface area contributed by atoms with E-state index in [0.29, 0.717) is 21.7 Å². The van der Waals surface area contributed by atoms with E-state index in [1.165, 1.54) is 18.2 Å². The number of benzene rings is 2. The average molecular weight is 392 g/mol. The van der Waals surface area contributed by atoms with E-state index in [4.69, 9.17) is 32.4 Å². The fourth-order valence-electron chi connectivity index (χ4n) is 2.19. The van der Waals surface area contributed by atoms with Crippen molar-refractivity contribution in [1.82, 2.24) is 0 Å². The molecule has 0 unspecified atom stereocenters. The SMILES string of the molecule is O=C(COC(=O)c1cc2ccccc2oc1=O)Nc1ccc(Cl)cc1Cl. The van der Waals surface area contributed by atoms with Crippen molar-refractivity contribution in [3.63, 3.8) is 0 Å². The van der Waals surface area contributed by atoms with Gasteiger partial charge in [-0.1, -0.05) is 41.4 Å². The highest BCUT2D eigenvalue weighted by Gasteiger charge is 2.17. The summed E-state index contributed by atoms with van der Waals surface area (Å²) in [6.07, 6.45) is 0. The van der Waals surface area contributed by atoms with Crippen LogP contribution in [0.3, 0.4) is 0 Å². The summed E-state index contributed by atoms with van der Waals surface area (Å²) < 4.78 is 9.93. The van der Waals surface area contributed by atoms with E-state index < -0.39 is 24.1 Å². The van der Waals surface area contributed by atoms with Gasteiger partial charge in [-0.15, -0.1) is 0 Å². The van der Waals surface area contributed by atoms with Crippen molar-refractivity contribution in [1.29, 1.82) is 0 Å². The van der Waals surface area contributed by atoms with Crippen molar-refractivity contribution in [2.24, 2.45) is 0 Å². The van der Waals surface area contributed by atoms with Gasteiger partial charge in [-0.05, 0) is 30.3 Å². The Bertz CT molecular complexity index is 1060. The molecule has 3 rings (SSSR count). The molecule has 0 aliphatic carbocycles. The Hall–Kier alpha value is -2.83. The molecule has 132 valence electrons. The van der Waals surface area contributed by atoms with Crippen LogP contribution in [0.15, 0.2) is 57.7 Å². The molecule has 1 heterocycles. The summed E-state index contributed by atoms with van der Waals surface area (Å²) in [5, 5.41) is 3.71. The minimum atomic E-state index is -0.957. The first-order valence-electron chi connectivity index (χ1n) is 7.39. The number of ether oxygens (including phenoxy) is 1. The molecular weight excluding hydrogens is 381 g/mol. The van der Waals surface area contributed by atoms with E-state index >= 15 is 0 Å². The van der Waals surface area contributed by atoms with Gasteiger partial charge in [0.2, 0.25) is 0 Å². The Labute approximate surface area is 157 Å². The van der Waals surface area contributed by atoms with Gasteiger partial charge in [0.05, 0.1) is 10.7 Å². The number of para-hydroxylation sites is 1. The number of rotatable bonds is 4. The molecule has 1 aromatic heterocycles. The fourth-order valence-corrected chi connectivity index (χ4v) is 2.65. The predicted octanol–water partition coefficient (Wildman–Crippen LogP) is 3.90. The van der Waals surface area contributed by atoms with Crippen LogP contribution in [0.2, 0.25) is 10.0 Å². The number of carbonyl (C=O) groups excluding carboxylic acids is 2. The largest absolute Gasteiger partial charge is 0.452 e. The Balaban J connectivity index is 1.67. The maximum atomic E-state index is 12.1. The lowest BCUT2D eigenvalue weighted by atomic mass is 10.2. The normalized spacial score (nSPS) is 10.5. The van der Waals surface area contributed by atoms with Gasteiger partial charge in [0.25, 0.3) is 5.91 Å². The molecule has 26 heavy (non-hydrogen) atoms. The first-order chi connectivity index (χ1) is 12.4. The highest BCUT2D eigenvalue weighted by molar-refractivity contribution is 6.36. The number of hydrogen-bond donors (Lipinski definition) is 1. The zero-order chi connectivity index (χ0) is 18.7. The third-order valence-corrected chi connectivity index (χ3v) is 3.95. The van der Waals surface area contributed by atoms with Crippen molar-refractivity contribution in [3.05, 3.63) is 74.6 Å². The second kappa shape index (κ2) is 7.59. The van der Waals surface area contributed by atoms with E-state index in [9.17, 15) is 14.4 Å². The van der Waals surface area contributed by atoms with Crippen molar-refractivity contribution < 1.29 is 18.7 Å². The van der Waals surface area contributed by atoms with Crippen LogP contribution in [-0.4, -0.2) is 18.5 Å². The lowest BCUT2D eigenvalue weighted by molar-refractivity contribution is -0.119. The van der Waals surface area contributed by atoms with Crippen LogP contribution in [0.25, 0.3) is 11.0 Å². The van der Waals surface area contributed by atoms with Crippen LogP contribution >= 0.6 is 23.2 Å². The van der Waals surface area contributed by atoms with Gasteiger partial charge >= 0.3 is 11.6 Å². The number of nitrogens with one attached hydrogen (secondary N) is 1. The zero-order valence-electron chi connectivity index (χ0n) is 13.1. The van der Waals surface area contributed by atoms with E-state index in [0.717, 1.165) is 0 Å². The minimum Gasteiger partial charge on any atom is -0.452 e. The molecule has 0 aliphatic heterocycles. The van der Waals surface area contributed by atoms with Gasteiger partial charge in [-0.25, -0.2) is 9.59 Å². The number of hydrogen-bond acceptors (Lipinski definition) is 5. The summed E-state index contributed by atoms with van der Waals surface area (Å²) in [4.78, 5) is 35.9. The van der Waals surface area contributed by atoms with Crippen LogP contribution in [0.1, 0.15) is 10.4 Å². The van der Waals surface area contributed by atoms with E-state index in [2.05, 4.69) is 5.32 Å². The zero-order valence-corrected chi connectivity index (χ0v) is 14.6. The van der Waals surface area contributed by atoms with E-state index in [1.807, 2.05) is 0 Å². The second-order valence-electron chi connectivity index (χ2n) is 5.23. The number of esters is 1. The molecule has 0 bridgehead atoms. The van der Waals surface area contributed by atoms with Gasteiger partial charge in [-0.3, -0.25) is 4.79 Å². The predicted molar refractivity (Wildman–Crippen MR) is 97.9 cm³/mol. The number of fused-ring (bicyclic) bond motifs is 1. The molecule has 0 atom stereocenters. The van der Waals surface area contributed by atoms with Gasteiger partial charge in [0, 0.05) is 10.4 Å². The highest BCUT2D eigenvalue weighted by Crippen LogP contribution is 2.25. The summed E-state index contributed by atoms with van der Waals surface area (Å²) in [7, 11) is 0. The van der Waals surface area contributed by atoms with Crippen LogP contribution < -0.4 is 10.9 Å². The lowest BCUT2D eigenvalue weighted by Crippen LogP contribution is -2.23. The number of carbonyl (C=O) groups is 2. The first-order valence-corrected chi connectivity index (χ1v) is 8.14. The summed E-state index contributed by atoms with van der Waals surface area (Å²) >= 11 is 11.7. The molecule has 0 saturated heterocycles. The van der Waals surface area contributed by atoms with Crippen molar-refractivity contribution in [2.75, 3.05) is 11.9 Å². The van der Waals surface area contributed by atoms with Gasteiger partial charge in [-0.2, -0.15) is 0 Å². The summed E-state index contributed by atoms with van der Waals surface area (Å²) in [6.45, 7) is -0.593.